The number of rotatable bonds is 12. The van der Waals surface area contributed by atoms with Gasteiger partial charge in [0.1, 0.15) is 0 Å². The zero-order chi connectivity index (χ0) is 13.8. The molecule has 0 aromatic rings. The molecule has 0 fully saturated rings. The van der Waals surface area contributed by atoms with Gasteiger partial charge in [0.25, 0.3) is 0 Å². The summed E-state index contributed by atoms with van der Waals surface area (Å²) in [6, 6.07) is 0. The molecule has 106 valence electrons. The quantitative estimate of drug-likeness (QED) is 0.523. The van der Waals surface area contributed by atoms with E-state index in [0.29, 0.717) is 19.3 Å². The highest BCUT2D eigenvalue weighted by Gasteiger charge is 2.16. The van der Waals surface area contributed by atoms with E-state index >= 15 is 0 Å². The fourth-order valence-electron chi connectivity index (χ4n) is 2.06. The van der Waals surface area contributed by atoms with Crippen molar-refractivity contribution in [2.45, 2.75) is 71.1 Å². The Hall–Kier alpha value is -1.06. The van der Waals surface area contributed by atoms with Gasteiger partial charge in [-0.25, -0.2) is 0 Å². The van der Waals surface area contributed by atoms with Crippen LogP contribution < -0.4 is 0 Å². The number of carboxylic acids is 2. The van der Waals surface area contributed by atoms with Gasteiger partial charge in [-0.15, -0.1) is 0 Å². The van der Waals surface area contributed by atoms with E-state index in [1.165, 1.54) is 25.7 Å². The third kappa shape index (κ3) is 10.1. The van der Waals surface area contributed by atoms with Crippen LogP contribution in [0.5, 0.6) is 0 Å². The van der Waals surface area contributed by atoms with Crippen molar-refractivity contribution in [3.8, 4) is 0 Å². The molecule has 0 spiro atoms. The molecule has 1 atom stereocenters. The summed E-state index contributed by atoms with van der Waals surface area (Å²) in [5.74, 6) is -2.00. The lowest BCUT2D eigenvalue weighted by Crippen LogP contribution is -2.14. The van der Waals surface area contributed by atoms with Crippen LogP contribution in [0.15, 0.2) is 0 Å². The zero-order valence-corrected chi connectivity index (χ0v) is 11.4. The van der Waals surface area contributed by atoms with Gasteiger partial charge in [-0.3, -0.25) is 9.59 Å². The number of hydrogen-bond donors (Lipinski definition) is 2. The Kier molecular flexibility index (Phi) is 10.4. The summed E-state index contributed by atoms with van der Waals surface area (Å²) >= 11 is 0. The smallest absolute Gasteiger partial charge is 0.306 e. The van der Waals surface area contributed by atoms with Crippen molar-refractivity contribution in [2.24, 2.45) is 5.92 Å². The Morgan fingerprint density at radius 1 is 0.889 bits per heavy atom. The van der Waals surface area contributed by atoms with E-state index in [-0.39, 0.29) is 12.3 Å². The molecule has 4 nitrogen and oxygen atoms in total. The molecule has 4 heteroatoms. The first-order valence-electron chi connectivity index (χ1n) is 7.02. The maximum absolute atomic E-state index is 11.0. The molecule has 1 unspecified atom stereocenters. The second-order valence-electron chi connectivity index (χ2n) is 4.88. The predicted octanol–water partition coefficient (Wildman–Crippen LogP) is 3.69. The predicted molar refractivity (Wildman–Crippen MR) is 70.6 cm³/mol. The molecule has 0 aromatic heterocycles. The standard InChI is InChI=1S/C14H26O4/c1-2-3-4-5-6-7-9-12(14(17)18)10-8-11-13(15)16/h12H,2-11H2,1H3,(H,15,16)(H,17,18). The van der Waals surface area contributed by atoms with E-state index in [2.05, 4.69) is 6.92 Å². The SMILES string of the molecule is CCCCCCCCC(CCCC(=O)O)C(=O)O. The highest BCUT2D eigenvalue weighted by atomic mass is 16.4. The Bertz CT molecular complexity index is 238. The highest BCUT2D eigenvalue weighted by molar-refractivity contribution is 5.70. The highest BCUT2D eigenvalue weighted by Crippen LogP contribution is 2.18. The summed E-state index contributed by atoms with van der Waals surface area (Å²) in [6.07, 6.45) is 8.59. The van der Waals surface area contributed by atoms with Gasteiger partial charge in [-0.2, -0.15) is 0 Å². The molecule has 2 N–H and O–H groups in total. The van der Waals surface area contributed by atoms with Crippen LogP contribution in [0.3, 0.4) is 0 Å². The van der Waals surface area contributed by atoms with Gasteiger partial charge >= 0.3 is 11.9 Å². The van der Waals surface area contributed by atoms with Crippen molar-refractivity contribution in [3.63, 3.8) is 0 Å². The number of hydrogen-bond acceptors (Lipinski definition) is 2. The maximum Gasteiger partial charge on any atom is 0.306 e. The molecule has 0 aromatic carbocycles. The molecule has 18 heavy (non-hydrogen) atoms. The first kappa shape index (κ1) is 16.9. The molecular weight excluding hydrogens is 232 g/mol. The van der Waals surface area contributed by atoms with Gasteiger partial charge in [0.05, 0.1) is 5.92 Å². The number of unbranched alkanes of at least 4 members (excludes halogenated alkanes) is 5. The van der Waals surface area contributed by atoms with Crippen LogP contribution in [0.25, 0.3) is 0 Å². The van der Waals surface area contributed by atoms with Crippen LogP contribution in [0.1, 0.15) is 71.1 Å². The Morgan fingerprint density at radius 2 is 1.44 bits per heavy atom. The average molecular weight is 258 g/mol. The number of aliphatic carboxylic acids is 2. The maximum atomic E-state index is 11.0. The van der Waals surface area contributed by atoms with Crippen molar-refractivity contribution in [1.82, 2.24) is 0 Å². The molecule has 0 radical (unpaired) electrons. The minimum Gasteiger partial charge on any atom is -0.481 e. The van der Waals surface area contributed by atoms with E-state index in [0.717, 1.165) is 12.8 Å². The molecule has 0 aliphatic heterocycles. The van der Waals surface area contributed by atoms with Crippen molar-refractivity contribution in [3.05, 3.63) is 0 Å². The fourth-order valence-corrected chi connectivity index (χ4v) is 2.06. The van der Waals surface area contributed by atoms with Crippen LogP contribution in [0, 0.1) is 5.92 Å². The van der Waals surface area contributed by atoms with Gasteiger partial charge in [0.2, 0.25) is 0 Å². The minimum atomic E-state index is -0.848. The monoisotopic (exact) mass is 258 g/mol. The molecule has 0 amide bonds. The number of carboxylic acid groups (broad SMARTS) is 2. The second kappa shape index (κ2) is 11.1. The Morgan fingerprint density at radius 3 is 2.00 bits per heavy atom. The second-order valence-corrected chi connectivity index (χ2v) is 4.88. The number of carbonyl (C=O) groups is 2. The first-order valence-corrected chi connectivity index (χ1v) is 7.02. The van der Waals surface area contributed by atoms with E-state index in [4.69, 9.17) is 10.2 Å². The van der Waals surface area contributed by atoms with E-state index < -0.39 is 11.9 Å². The van der Waals surface area contributed by atoms with Crippen LogP contribution in [0.4, 0.5) is 0 Å². The van der Waals surface area contributed by atoms with Gasteiger partial charge in [0.15, 0.2) is 0 Å². The molecule has 0 aliphatic carbocycles. The molecule has 0 rings (SSSR count). The van der Waals surface area contributed by atoms with Crippen LogP contribution >= 0.6 is 0 Å². The summed E-state index contributed by atoms with van der Waals surface area (Å²) in [5, 5.41) is 17.5. The summed E-state index contributed by atoms with van der Waals surface area (Å²) in [5.41, 5.74) is 0. The van der Waals surface area contributed by atoms with Crippen molar-refractivity contribution in [1.29, 1.82) is 0 Å². The van der Waals surface area contributed by atoms with E-state index in [1.807, 2.05) is 0 Å². The third-order valence-corrected chi connectivity index (χ3v) is 3.20. The van der Waals surface area contributed by atoms with Crippen LogP contribution in [-0.4, -0.2) is 22.2 Å². The van der Waals surface area contributed by atoms with E-state index in [9.17, 15) is 9.59 Å². The summed E-state index contributed by atoms with van der Waals surface area (Å²) < 4.78 is 0. The molecule has 0 saturated heterocycles. The van der Waals surface area contributed by atoms with Crippen LogP contribution in [0.2, 0.25) is 0 Å². The van der Waals surface area contributed by atoms with Gasteiger partial charge in [-0.05, 0) is 19.3 Å². The molecular formula is C14H26O4. The summed E-state index contributed by atoms with van der Waals surface area (Å²) in [7, 11) is 0. The van der Waals surface area contributed by atoms with Gasteiger partial charge in [-0.1, -0.05) is 45.4 Å². The molecule has 0 aliphatic rings. The summed E-state index contributed by atoms with van der Waals surface area (Å²) in [4.78, 5) is 21.4. The largest absolute Gasteiger partial charge is 0.481 e. The van der Waals surface area contributed by atoms with Crippen molar-refractivity contribution < 1.29 is 19.8 Å². The molecule has 0 saturated carbocycles. The van der Waals surface area contributed by atoms with Gasteiger partial charge < -0.3 is 10.2 Å². The lowest BCUT2D eigenvalue weighted by atomic mass is 9.95. The molecule has 0 bridgehead atoms. The fraction of sp³-hybridized carbons (Fsp3) is 0.857. The van der Waals surface area contributed by atoms with Crippen molar-refractivity contribution >= 4 is 11.9 Å². The third-order valence-electron chi connectivity index (χ3n) is 3.20. The Labute approximate surface area is 109 Å². The lowest BCUT2D eigenvalue weighted by molar-refractivity contribution is -0.143. The average Bonchev–Trinajstić information content (AvgIpc) is 2.30. The molecule has 0 heterocycles. The first-order chi connectivity index (χ1) is 8.57. The van der Waals surface area contributed by atoms with Crippen molar-refractivity contribution in [2.75, 3.05) is 0 Å². The normalized spacial score (nSPS) is 12.3. The topological polar surface area (TPSA) is 74.6 Å². The van der Waals surface area contributed by atoms with Gasteiger partial charge in [0, 0.05) is 6.42 Å². The lowest BCUT2D eigenvalue weighted by Gasteiger charge is -2.11. The summed E-state index contributed by atoms with van der Waals surface area (Å²) in [6.45, 7) is 2.17. The van der Waals surface area contributed by atoms with E-state index in [1.54, 1.807) is 0 Å². The Balaban J connectivity index is 3.64. The van der Waals surface area contributed by atoms with Crippen LogP contribution in [-0.2, 0) is 9.59 Å². The minimum absolute atomic E-state index is 0.0697. The zero-order valence-electron chi connectivity index (χ0n) is 11.4.